The van der Waals surface area contributed by atoms with Crippen LogP contribution in [0, 0.1) is 6.07 Å². The topological polar surface area (TPSA) is 36.4 Å². The van der Waals surface area contributed by atoms with Gasteiger partial charge in [-0.2, -0.15) is 0 Å². The number of hydrogen-bond donors (Lipinski definition) is 0. The summed E-state index contributed by atoms with van der Waals surface area (Å²) in [4.78, 5) is 23.8. The summed E-state index contributed by atoms with van der Waals surface area (Å²) in [5, 5.41) is 0. The molecule has 549 valence electrons. The predicted octanol–water partition coefficient (Wildman–Crippen LogP) is 27.1. The van der Waals surface area contributed by atoms with Crippen molar-refractivity contribution in [3.63, 3.8) is 0 Å². The third kappa shape index (κ3) is 11.1. The number of ketones is 1. The number of anilines is 6. The van der Waals surface area contributed by atoms with Gasteiger partial charge in [0, 0.05) is 71.6 Å². The minimum absolute atomic E-state index is 0. The van der Waals surface area contributed by atoms with Gasteiger partial charge in [0.05, 0.1) is 16.2 Å². The van der Waals surface area contributed by atoms with Crippen molar-refractivity contribution in [3.05, 3.63) is 533 Å². The quantitative estimate of drug-likeness (QED) is 0.0955. The standard InChI is InChI=1S/C51H30O.C49H36N2.C11H8N.Ir/c52-49(31-25-27-39-37-17-5-11-23-45(37)50(47(39)29-31)41-19-7-1-13-33(41)34-14-2-8-20-42(34)50)32-26-28-40-38-18-6-12-24-46(38)51(48(40)30-32)43-21-9-3-15-35(43)36-16-4-10-22-44(36)51;1-5-17-39(18-6-1)50(40-19-7-2-8-20-40)43-33-29-37(30-34-43)49(47-27-15-13-25-45(47)46-26-14-16-28-48(46)49)38-31-35-44(36-32-38)51(41-21-9-3-10-22-41)42-23-11-4-12-24-42;1-2-6-10(7-3-1)11-8-4-5-9-12-11;/h1-30H;1-36H;1-6,8-9H;/q;;-1;. The minimum Gasteiger partial charge on any atom is -0.311 e. The van der Waals surface area contributed by atoms with Gasteiger partial charge < -0.3 is 14.8 Å². The summed E-state index contributed by atoms with van der Waals surface area (Å²) >= 11 is 0. The van der Waals surface area contributed by atoms with Gasteiger partial charge in [-0.25, -0.2) is 0 Å². The Morgan fingerprint density at radius 3 is 0.776 bits per heavy atom. The molecular formula is C111H74IrN3O-. The average molecular weight is 1660 g/mol. The summed E-state index contributed by atoms with van der Waals surface area (Å²) in [6.07, 6.45) is 1.79. The normalized spacial score (nSPS) is 13.2. The molecule has 0 fully saturated rings. The van der Waals surface area contributed by atoms with Crippen LogP contribution in [0.25, 0.3) is 66.9 Å². The van der Waals surface area contributed by atoms with Crippen molar-refractivity contribution in [2.45, 2.75) is 16.2 Å². The Morgan fingerprint density at radius 1 is 0.233 bits per heavy atom. The number of rotatable bonds is 11. The molecule has 0 saturated heterocycles. The fourth-order valence-electron chi connectivity index (χ4n) is 19.7. The molecule has 0 unspecified atom stereocenters. The first-order valence-corrected chi connectivity index (χ1v) is 39.5. The van der Waals surface area contributed by atoms with Gasteiger partial charge >= 0.3 is 0 Å². The second kappa shape index (κ2) is 29.4. The molecule has 4 nitrogen and oxygen atoms in total. The fraction of sp³-hybridized carbons (Fsp3) is 0.0270. The number of para-hydroxylation sites is 4. The van der Waals surface area contributed by atoms with Crippen LogP contribution in [-0.2, 0) is 36.4 Å². The van der Waals surface area contributed by atoms with Gasteiger partial charge in [-0.1, -0.05) is 328 Å². The largest absolute Gasteiger partial charge is 0.311 e. The Labute approximate surface area is 690 Å². The number of carbonyl (C=O) groups is 1. The van der Waals surface area contributed by atoms with Gasteiger partial charge in [-0.3, -0.25) is 4.79 Å². The van der Waals surface area contributed by atoms with Crippen LogP contribution in [0.2, 0.25) is 0 Å². The fourth-order valence-corrected chi connectivity index (χ4v) is 19.7. The number of carbonyl (C=O) groups excluding carboxylic acids is 1. The Balaban J connectivity index is 0.000000130. The molecule has 1 aromatic heterocycles. The molecule has 0 N–H and O–H groups in total. The minimum atomic E-state index is -0.501. The number of hydrogen-bond acceptors (Lipinski definition) is 4. The molecule has 1 heterocycles. The molecule has 23 rings (SSSR count). The number of benzene rings is 17. The molecule has 5 heteroatoms. The van der Waals surface area contributed by atoms with Gasteiger partial charge in [0.2, 0.25) is 0 Å². The molecule has 0 atom stereocenters. The first kappa shape index (κ1) is 70.9. The molecular weight excluding hydrogens is 1580 g/mol. The van der Waals surface area contributed by atoms with E-state index in [2.05, 4.69) is 409 Å². The maximum atomic E-state index is 15.0. The molecule has 5 aliphatic rings. The Bertz CT molecular complexity index is 6120. The van der Waals surface area contributed by atoms with E-state index in [1.807, 2.05) is 54.6 Å². The number of fused-ring (bicyclic) bond motifs is 23. The summed E-state index contributed by atoms with van der Waals surface area (Å²) in [6, 6.07) is 161. The summed E-state index contributed by atoms with van der Waals surface area (Å²) < 4.78 is 0. The zero-order chi connectivity index (χ0) is 76.4. The van der Waals surface area contributed by atoms with Crippen molar-refractivity contribution in [2.75, 3.05) is 9.80 Å². The van der Waals surface area contributed by atoms with Gasteiger partial charge in [0.15, 0.2) is 5.78 Å². The van der Waals surface area contributed by atoms with E-state index in [9.17, 15) is 4.79 Å². The van der Waals surface area contributed by atoms with Crippen LogP contribution in [-0.4, -0.2) is 10.8 Å². The summed E-state index contributed by atoms with van der Waals surface area (Å²) in [5.74, 6) is 0.0435. The van der Waals surface area contributed by atoms with Crippen LogP contribution in [0.4, 0.5) is 34.1 Å². The van der Waals surface area contributed by atoms with Crippen LogP contribution in [0.15, 0.2) is 449 Å². The SMILES string of the molecule is O=C(c1ccc2c(c1)C1(c3ccccc3-c3ccccc31)c1ccccc1-2)c1ccc2c(c1)C1(c3ccccc3-c3ccccc31)c1ccccc1-2.[Ir].[c-]1ccccc1-c1ccccn1.c1ccc(N(c2ccccc2)c2ccc(C3(c4ccc(N(c5ccccc5)c5ccccc5)cc4)c4ccccc4-c4ccccc43)cc2)cc1. The van der Waals surface area contributed by atoms with Crippen LogP contribution in [0.5, 0.6) is 0 Å². The van der Waals surface area contributed by atoms with Crippen molar-refractivity contribution < 1.29 is 24.9 Å². The van der Waals surface area contributed by atoms with E-state index in [0.29, 0.717) is 11.1 Å². The number of aromatic nitrogens is 1. The van der Waals surface area contributed by atoms with E-state index < -0.39 is 16.2 Å². The van der Waals surface area contributed by atoms with Gasteiger partial charge in [-0.15, -0.1) is 35.9 Å². The molecule has 2 spiro atoms. The van der Waals surface area contributed by atoms with Crippen molar-refractivity contribution >= 4 is 39.9 Å². The Morgan fingerprint density at radius 2 is 0.491 bits per heavy atom. The van der Waals surface area contributed by atoms with Crippen molar-refractivity contribution in [1.82, 2.24) is 4.98 Å². The molecule has 17 aromatic carbocycles. The van der Waals surface area contributed by atoms with Crippen molar-refractivity contribution in [1.29, 1.82) is 0 Å². The molecule has 0 amide bonds. The Kier molecular flexibility index (Phi) is 18.0. The summed E-state index contributed by atoms with van der Waals surface area (Å²) in [5.41, 5.74) is 36.3. The zero-order valence-electron chi connectivity index (χ0n) is 63.3. The van der Waals surface area contributed by atoms with Gasteiger partial charge in [0.1, 0.15) is 0 Å². The van der Waals surface area contributed by atoms with Gasteiger partial charge in [-0.05, 0) is 219 Å². The second-order valence-electron chi connectivity index (χ2n) is 30.1. The Hall–Kier alpha value is -14.2. The van der Waals surface area contributed by atoms with E-state index in [0.717, 1.165) is 45.4 Å². The molecule has 0 bridgehead atoms. The second-order valence-corrected chi connectivity index (χ2v) is 30.1. The maximum absolute atomic E-state index is 15.0. The van der Waals surface area contributed by atoms with Gasteiger partial charge in [0.25, 0.3) is 0 Å². The van der Waals surface area contributed by atoms with Crippen molar-refractivity contribution in [3.8, 4) is 66.9 Å². The summed E-state index contributed by atoms with van der Waals surface area (Å²) in [7, 11) is 0. The number of nitrogens with zero attached hydrogens (tertiary/aromatic N) is 3. The van der Waals surface area contributed by atoms with E-state index in [1.165, 1.54) is 122 Å². The molecule has 5 aliphatic carbocycles. The number of pyridine rings is 1. The maximum Gasteiger partial charge on any atom is 0.193 e. The van der Waals surface area contributed by atoms with Crippen LogP contribution in [0.3, 0.4) is 0 Å². The van der Waals surface area contributed by atoms with E-state index in [1.54, 1.807) is 6.20 Å². The van der Waals surface area contributed by atoms with Crippen LogP contribution < -0.4 is 9.80 Å². The molecule has 0 aliphatic heterocycles. The third-order valence-corrected chi connectivity index (χ3v) is 24.3. The smallest absolute Gasteiger partial charge is 0.193 e. The third-order valence-electron chi connectivity index (χ3n) is 24.3. The van der Waals surface area contributed by atoms with E-state index in [4.69, 9.17) is 0 Å². The molecule has 1 radical (unpaired) electrons. The average Bonchev–Trinajstić information content (AvgIpc) is 1.72. The predicted molar refractivity (Wildman–Crippen MR) is 471 cm³/mol. The first-order chi connectivity index (χ1) is 57.0. The van der Waals surface area contributed by atoms with Crippen molar-refractivity contribution in [2.24, 2.45) is 0 Å². The zero-order valence-corrected chi connectivity index (χ0v) is 65.7. The molecule has 116 heavy (non-hydrogen) atoms. The monoisotopic (exact) mass is 1660 g/mol. The van der Waals surface area contributed by atoms with Crippen LogP contribution >= 0.6 is 0 Å². The molecule has 18 aromatic rings. The molecule has 0 saturated carbocycles. The van der Waals surface area contributed by atoms with E-state index in [-0.39, 0.29) is 25.9 Å². The first-order valence-electron chi connectivity index (χ1n) is 39.5. The van der Waals surface area contributed by atoms with E-state index >= 15 is 0 Å². The summed E-state index contributed by atoms with van der Waals surface area (Å²) in [6.45, 7) is 0. The van der Waals surface area contributed by atoms with Crippen LogP contribution in [0.1, 0.15) is 82.7 Å².